The zero-order chi connectivity index (χ0) is 22.2. The monoisotopic (exact) mass is 446 g/mol. The molecule has 8 heteroatoms. The van der Waals surface area contributed by atoms with E-state index in [1.165, 1.54) is 17.1 Å². The lowest BCUT2D eigenvalue weighted by molar-refractivity contribution is 0.103. The molecule has 0 bridgehead atoms. The Morgan fingerprint density at radius 1 is 1.10 bits per heavy atom. The third kappa shape index (κ3) is 4.27. The molecule has 6 nitrogen and oxygen atoms in total. The average molecular weight is 447 g/mol. The quantitative estimate of drug-likeness (QED) is 0.530. The molecule has 0 aliphatic rings. The van der Waals surface area contributed by atoms with E-state index >= 15 is 0 Å². The fraction of sp³-hybridized carbons (Fsp3) is 0.273. The molecule has 0 radical (unpaired) electrons. The highest BCUT2D eigenvalue weighted by Gasteiger charge is 2.25. The van der Waals surface area contributed by atoms with Gasteiger partial charge in [-0.25, -0.2) is 13.1 Å². The minimum atomic E-state index is -3.40. The van der Waals surface area contributed by atoms with Crippen LogP contribution < -0.4 is 4.74 Å². The molecule has 0 aliphatic carbocycles. The van der Waals surface area contributed by atoms with Crippen LogP contribution >= 0.6 is 11.6 Å². The maximum atomic E-state index is 13.3. The number of rotatable bonds is 6. The maximum absolute atomic E-state index is 13.3. The number of benzene rings is 2. The molecule has 0 amide bonds. The van der Waals surface area contributed by atoms with Gasteiger partial charge in [0, 0.05) is 23.9 Å². The van der Waals surface area contributed by atoms with Crippen molar-refractivity contribution < 1.29 is 17.9 Å². The molecule has 3 aromatic rings. The molecular weight excluding hydrogens is 424 g/mol. The van der Waals surface area contributed by atoms with Gasteiger partial charge in [0.2, 0.25) is 5.88 Å². The highest BCUT2D eigenvalue weighted by atomic mass is 35.5. The number of ether oxygens (including phenoxy) is 1. The first kappa shape index (κ1) is 22.1. The summed E-state index contributed by atoms with van der Waals surface area (Å²) in [6.45, 7) is 5.42. The van der Waals surface area contributed by atoms with Crippen molar-refractivity contribution in [3.05, 3.63) is 74.9 Å². The van der Waals surface area contributed by atoms with Crippen LogP contribution in [0.3, 0.4) is 0 Å². The van der Waals surface area contributed by atoms with E-state index in [9.17, 15) is 13.2 Å². The van der Waals surface area contributed by atoms with E-state index in [1.54, 1.807) is 46.0 Å². The normalized spacial score (nSPS) is 11.5. The summed E-state index contributed by atoms with van der Waals surface area (Å²) in [5, 5.41) is 4.81. The summed E-state index contributed by atoms with van der Waals surface area (Å²) in [6, 6.07) is 8.86. The van der Waals surface area contributed by atoms with E-state index < -0.39 is 9.84 Å². The van der Waals surface area contributed by atoms with Crippen LogP contribution in [-0.4, -0.2) is 30.2 Å². The standard InChI is InChI=1S/C22H23ClN2O4S/c1-13-10-18(14(2)15(3)21(13)30(5,27)28)20(26)19-11-24-25(4)22(19)29-12-16-6-8-17(23)9-7-16/h6-11H,12H2,1-5H3. The summed E-state index contributed by atoms with van der Waals surface area (Å²) in [5.41, 5.74) is 3.39. The van der Waals surface area contributed by atoms with Crippen molar-refractivity contribution in [1.29, 1.82) is 0 Å². The van der Waals surface area contributed by atoms with Crippen LogP contribution in [0.1, 0.15) is 38.2 Å². The van der Waals surface area contributed by atoms with Crippen LogP contribution in [0.15, 0.2) is 41.4 Å². The van der Waals surface area contributed by atoms with E-state index in [-0.39, 0.29) is 17.3 Å². The first-order valence-corrected chi connectivity index (χ1v) is 11.5. The number of aryl methyl sites for hydroxylation is 2. The van der Waals surface area contributed by atoms with Gasteiger partial charge in [-0.15, -0.1) is 0 Å². The SMILES string of the molecule is Cc1cc(C(=O)c2cnn(C)c2OCc2ccc(Cl)cc2)c(C)c(C)c1S(C)(=O)=O. The number of carbonyl (C=O) groups is 1. The van der Waals surface area contributed by atoms with Crippen molar-refractivity contribution in [2.24, 2.45) is 7.05 Å². The fourth-order valence-electron chi connectivity index (χ4n) is 3.50. The van der Waals surface area contributed by atoms with E-state index in [1.807, 2.05) is 12.1 Å². The zero-order valence-corrected chi connectivity index (χ0v) is 19.1. The Balaban J connectivity index is 1.98. The molecule has 0 unspecified atom stereocenters. The maximum Gasteiger partial charge on any atom is 0.223 e. The second kappa shape index (κ2) is 8.24. The van der Waals surface area contributed by atoms with Crippen molar-refractivity contribution in [1.82, 2.24) is 9.78 Å². The topological polar surface area (TPSA) is 78.3 Å². The predicted molar refractivity (Wildman–Crippen MR) is 116 cm³/mol. The molecular formula is C22H23ClN2O4S. The van der Waals surface area contributed by atoms with Gasteiger partial charge in [0.1, 0.15) is 12.2 Å². The molecule has 0 saturated carbocycles. The smallest absolute Gasteiger partial charge is 0.223 e. The average Bonchev–Trinajstić information content (AvgIpc) is 3.03. The zero-order valence-electron chi connectivity index (χ0n) is 17.5. The van der Waals surface area contributed by atoms with Crippen molar-refractivity contribution >= 4 is 27.2 Å². The number of carbonyl (C=O) groups excluding carboxylic acids is 1. The van der Waals surface area contributed by atoms with Gasteiger partial charge in [-0.05, 0) is 61.2 Å². The molecule has 3 rings (SSSR count). The van der Waals surface area contributed by atoms with Gasteiger partial charge in [0.25, 0.3) is 0 Å². The van der Waals surface area contributed by atoms with Gasteiger partial charge < -0.3 is 4.74 Å². The van der Waals surface area contributed by atoms with E-state index in [2.05, 4.69) is 5.10 Å². The van der Waals surface area contributed by atoms with Crippen molar-refractivity contribution in [2.75, 3.05) is 6.26 Å². The molecule has 2 aromatic carbocycles. The van der Waals surface area contributed by atoms with Crippen molar-refractivity contribution in [3.63, 3.8) is 0 Å². The lowest BCUT2D eigenvalue weighted by Crippen LogP contribution is -2.12. The third-order valence-electron chi connectivity index (χ3n) is 5.06. The second-order valence-corrected chi connectivity index (χ2v) is 9.71. The summed E-state index contributed by atoms with van der Waals surface area (Å²) in [6.07, 6.45) is 2.64. The molecule has 158 valence electrons. The predicted octanol–water partition coefficient (Wildman–Crippen LogP) is 4.21. The summed E-state index contributed by atoms with van der Waals surface area (Å²) < 4.78 is 31.7. The van der Waals surface area contributed by atoms with Crippen molar-refractivity contribution in [3.8, 4) is 5.88 Å². The summed E-state index contributed by atoms with van der Waals surface area (Å²) in [7, 11) is -1.70. The number of ketones is 1. The first-order valence-electron chi connectivity index (χ1n) is 9.25. The summed E-state index contributed by atoms with van der Waals surface area (Å²) >= 11 is 5.91. The number of hydrogen-bond donors (Lipinski definition) is 0. The minimum absolute atomic E-state index is 0.251. The summed E-state index contributed by atoms with van der Waals surface area (Å²) in [4.78, 5) is 13.6. The molecule has 1 aromatic heterocycles. The van der Waals surface area contributed by atoms with Gasteiger partial charge in [0.15, 0.2) is 15.6 Å². The number of sulfone groups is 1. The lowest BCUT2D eigenvalue weighted by atomic mass is 9.95. The van der Waals surface area contributed by atoms with Crippen LogP contribution in [0.25, 0.3) is 0 Å². The van der Waals surface area contributed by atoms with Crippen LogP contribution in [0.5, 0.6) is 5.88 Å². The molecule has 30 heavy (non-hydrogen) atoms. The van der Waals surface area contributed by atoms with E-state index in [0.29, 0.717) is 38.7 Å². The van der Waals surface area contributed by atoms with Gasteiger partial charge in [-0.1, -0.05) is 23.7 Å². The lowest BCUT2D eigenvalue weighted by Gasteiger charge is -2.15. The molecule has 0 aliphatic heterocycles. The van der Waals surface area contributed by atoms with Crippen LogP contribution in [0.2, 0.25) is 5.02 Å². The van der Waals surface area contributed by atoms with Crippen LogP contribution in [0.4, 0.5) is 0 Å². The number of hydrogen-bond acceptors (Lipinski definition) is 5. The summed E-state index contributed by atoms with van der Waals surface area (Å²) in [5.74, 6) is 0.0785. The van der Waals surface area contributed by atoms with Gasteiger partial charge in [-0.3, -0.25) is 4.79 Å². The fourth-order valence-corrected chi connectivity index (χ4v) is 4.97. The van der Waals surface area contributed by atoms with Gasteiger partial charge >= 0.3 is 0 Å². The van der Waals surface area contributed by atoms with E-state index in [0.717, 1.165) is 5.56 Å². The number of aromatic nitrogens is 2. The van der Waals surface area contributed by atoms with E-state index in [4.69, 9.17) is 16.3 Å². The molecule has 0 saturated heterocycles. The van der Waals surface area contributed by atoms with Gasteiger partial charge in [0.05, 0.1) is 11.1 Å². The molecule has 0 spiro atoms. The third-order valence-corrected chi connectivity index (χ3v) is 6.68. The molecule has 1 heterocycles. The molecule has 0 atom stereocenters. The Morgan fingerprint density at radius 2 is 1.73 bits per heavy atom. The van der Waals surface area contributed by atoms with Crippen LogP contribution in [-0.2, 0) is 23.5 Å². The highest BCUT2D eigenvalue weighted by molar-refractivity contribution is 7.90. The second-order valence-electron chi connectivity index (χ2n) is 7.32. The highest BCUT2D eigenvalue weighted by Crippen LogP contribution is 2.30. The molecule has 0 N–H and O–H groups in total. The largest absolute Gasteiger partial charge is 0.472 e. The van der Waals surface area contributed by atoms with Crippen molar-refractivity contribution in [2.45, 2.75) is 32.3 Å². The first-order chi connectivity index (χ1) is 14.0. The van der Waals surface area contributed by atoms with Gasteiger partial charge in [-0.2, -0.15) is 5.10 Å². The minimum Gasteiger partial charge on any atom is -0.472 e. The Kier molecular flexibility index (Phi) is 6.06. The van der Waals surface area contributed by atoms with Crippen LogP contribution in [0, 0.1) is 20.8 Å². The number of halogens is 1. The Hall–Kier alpha value is -2.64. The number of nitrogens with zero attached hydrogens (tertiary/aromatic N) is 2. The Labute approximate surface area is 181 Å². The molecule has 0 fully saturated rings. The Morgan fingerprint density at radius 3 is 2.33 bits per heavy atom. The Bertz CT molecular complexity index is 1230.